The van der Waals surface area contributed by atoms with Crippen molar-refractivity contribution in [1.29, 1.82) is 0 Å². The van der Waals surface area contributed by atoms with E-state index < -0.39 is 0 Å². The highest BCUT2D eigenvalue weighted by atomic mass is 19.1. The van der Waals surface area contributed by atoms with Crippen molar-refractivity contribution in [3.8, 4) is 0 Å². The van der Waals surface area contributed by atoms with Crippen LogP contribution in [0.2, 0.25) is 0 Å². The highest BCUT2D eigenvalue weighted by Gasteiger charge is 1.93. The number of halogens is 1. The molecule has 0 aliphatic rings. The molecule has 0 spiro atoms. The minimum Gasteiger partial charge on any atom is -0.207 e. The van der Waals surface area contributed by atoms with Crippen LogP contribution in [0.4, 0.5) is 4.39 Å². The number of benzene rings is 2. The van der Waals surface area contributed by atoms with E-state index in [9.17, 15) is 4.39 Å². The first-order valence-corrected chi connectivity index (χ1v) is 5.73. The van der Waals surface area contributed by atoms with Gasteiger partial charge in [-0.2, -0.15) is 0 Å². The molecule has 0 saturated carbocycles. The molecule has 2 aromatic carbocycles. The molecule has 92 valence electrons. The lowest BCUT2D eigenvalue weighted by atomic mass is 10.1. The molecule has 0 unspecified atom stereocenters. The van der Waals surface area contributed by atoms with Crippen LogP contribution in [0, 0.1) is 12.7 Å². The van der Waals surface area contributed by atoms with Gasteiger partial charge in [0.25, 0.3) is 0 Å². The quantitative estimate of drug-likeness (QED) is 0.684. The highest BCUT2D eigenvalue weighted by Crippen LogP contribution is 2.10. The van der Waals surface area contributed by atoms with Gasteiger partial charge in [0.15, 0.2) is 0 Å². The number of hydrogen-bond donors (Lipinski definition) is 0. The summed E-state index contributed by atoms with van der Waals surface area (Å²) < 4.78 is 12.4. The monoisotopic (exact) mass is 240 g/mol. The predicted molar refractivity (Wildman–Crippen MR) is 77.8 cm³/mol. The van der Waals surface area contributed by atoms with Gasteiger partial charge < -0.3 is 0 Å². The zero-order valence-corrected chi connectivity index (χ0v) is 10.6. The average molecular weight is 240 g/mol. The molecule has 0 nitrogen and oxygen atoms in total. The van der Waals surface area contributed by atoms with Crippen molar-refractivity contribution in [2.75, 3.05) is 0 Å². The topological polar surface area (TPSA) is 0 Å². The Kier molecular flexibility index (Phi) is 5.59. The average Bonchev–Trinajstić information content (AvgIpc) is 2.40. The summed E-state index contributed by atoms with van der Waals surface area (Å²) in [6, 6.07) is 14.7. The van der Waals surface area contributed by atoms with Crippen molar-refractivity contribution >= 4 is 12.2 Å². The minimum absolute atomic E-state index is 0.192. The van der Waals surface area contributed by atoms with Crippen LogP contribution >= 0.6 is 0 Å². The maximum Gasteiger partial charge on any atom is 0.123 e. The SMILES string of the molecule is C=Cc1ccc(F)cc1C.C=Cc1ccccc1. The fraction of sp³-hybridized carbons (Fsp3) is 0.0588. The normalized spacial score (nSPS) is 9.00. The van der Waals surface area contributed by atoms with Gasteiger partial charge >= 0.3 is 0 Å². The summed E-state index contributed by atoms with van der Waals surface area (Å²) in [7, 11) is 0. The van der Waals surface area contributed by atoms with E-state index in [0.29, 0.717) is 0 Å². The maximum absolute atomic E-state index is 12.4. The summed E-state index contributed by atoms with van der Waals surface area (Å²) >= 11 is 0. The van der Waals surface area contributed by atoms with E-state index in [1.54, 1.807) is 12.1 Å². The van der Waals surface area contributed by atoms with Gasteiger partial charge in [0.2, 0.25) is 0 Å². The van der Waals surface area contributed by atoms with Crippen molar-refractivity contribution in [3.63, 3.8) is 0 Å². The molecule has 1 heteroatoms. The first-order chi connectivity index (χ1) is 8.67. The highest BCUT2D eigenvalue weighted by molar-refractivity contribution is 5.51. The molecule has 0 fully saturated rings. The van der Waals surface area contributed by atoms with Gasteiger partial charge in [0.05, 0.1) is 0 Å². The van der Waals surface area contributed by atoms with Crippen molar-refractivity contribution in [3.05, 3.63) is 84.2 Å². The second kappa shape index (κ2) is 7.23. The van der Waals surface area contributed by atoms with Gasteiger partial charge in [-0.25, -0.2) is 4.39 Å². The Morgan fingerprint density at radius 2 is 1.61 bits per heavy atom. The third-order valence-electron chi connectivity index (χ3n) is 2.49. The second-order valence-corrected chi connectivity index (χ2v) is 3.82. The molecule has 0 atom stereocenters. The molecule has 0 saturated heterocycles. The van der Waals surface area contributed by atoms with Crippen molar-refractivity contribution in [1.82, 2.24) is 0 Å². The largest absolute Gasteiger partial charge is 0.207 e. The van der Waals surface area contributed by atoms with Crippen molar-refractivity contribution < 1.29 is 4.39 Å². The molecule has 0 aliphatic carbocycles. The molecule has 2 rings (SSSR count). The van der Waals surface area contributed by atoms with Crippen LogP contribution in [0.25, 0.3) is 12.2 Å². The van der Waals surface area contributed by atoms with Crippen molar-refractivity contribution in [2.45, 2.75) is 6.92 Å². The Bertz CT molecular complexity index is 512. The maximum atomic E-state index is 12.4. The summed E-state index contributed by atoms with van der Waals surface area (Å²) in [5.74, 6) is -0.192. The summed E-state index contributed by atoms with van der Waals surface area (Å²) in [6.45, 7) is 9.09. The van der Waals surface area contributed by atoms with Crippen LogP contribution in [0.15, 0.2) is 61.7 Å². The molecule has 0 N–H and O–H groups in total. The first-order valence-electron chi connectivity index (χ1n) is 5.73. The molecule has 0 amide bonds. The molecule has 0 aromatic heterocycles. The molecule has 2 aromatic rings. The van der Waals surface area contributed by atoms with E-state index in [0.717, 1.165) is 11.1 Å². The van der Waals surface area contributed by atoms with Crippen LogP contribution in [0.5, 0.6) is 0 Å². The van der Waals surface area contributed by atoms with E-state index in [2.05, 4.69) is 13.2 Å². The lowest BCUT2D eigenvalue weighted by Crippen LogP contribution is -1.81. The van der Waals surface area contributed by atoms with Crippen LogP contribution in [0.3, 0.4) is 0 Å². The van der Waals surface area contributed by atoms with Gasteiger partial charge in [0, 0.05) is 0 Å². The Hall–Kier alpha value is -2.15. The molecule has 0 heterocycles. The summed E-state index contributed by atoms with van der Waals surface area (Å²) in [6.07, 6.45) is 3.55. The lowest BCUT2D eigenvalue weighted by Gasteiger charge is -1.97. The molecular formula is C17H17F. The predicted octanol–water partition coefficient (Wildman–Crippen LogP) is 5.11. The molecule has 0 aliphatic heterocycles. The first kappa shape index (κ1) is 13.9. The van der Waals surface area contributed by atoms with Gasteiger partial charge in [-0.1, -0.05) is 61.7 Å². The number of hydrogen-bond acceptors (Lipinski definition) is 0. The van der Waals surface area contributed by atoms with Crippen LogP contribution < -0.4 is 0 Å². The standard InChI is InChI=1S/C9H9F.C8H8/c1-3-8-4-5-9(10)6-7(8)2;1-2-8-6-4-3-5-7-8/h3-6H,1H2,2H3;2-7H,1H2. The molecule has 0 radical (unpaired) electrons. The zero-order chi connectivity index (χ0) is 13.4. The van der Waals surface area contributed by atoms with E-state index in [1.165, 1.54) is 17.7 Å². The minimum atomic E-state index is -0.192. The smallest absolute Gasteiger partial charge is 0.123 e. The third kappa shape index (κ3) is 4.38. The molecular weight excluding hydrogens is 223 g/mol. The van der Waals surface area contributed by atoms with Gasteiger partial charge in [-0.3, -0.25) is 0 Å². The number of aryl methyl sites for hydroxylation is 1. The number of rotatable bonds is 2. The fourth-order valence-corrected chi connectivity index (χ4v) is 1.46. The van der Waals surface area contributed by atoms with E-state index in [4.69, 9.17) is 0 Å². The summed E-state index contributed by atoms with van der Waals surface area (Å²) in [5, 5.41) is 0. The fourth-order valence-electron chi connectivity index (χ4n) is 1.46. The van der Waals surface area contributed by atoms with Crippen molar-refractivity contribution in [2.24, 2.45) is 0 Å². The Balaban J connectivity index is 0.000000184. The Labute approximate surface area is 108 Å². The lowest BCUT2D eigenvalue weighted by molar-refractivity contribution is 0.626. The van der Waals surface area contributed by atoms with Gasteiger partial charge in [-0.05, 0) is 35.7 Å². The third-order valence-corrected chi connectivity index (χ3v) is 2.49. The van der Waals surface area contributed by atoms with Gasteiger partial charge in [0.1, 0.15) is 5.82 Å². The summed E-state index contributed by atoms with van der Waals surface area (Å²) in [4.78, 5) is 0. The van der Waals surface area contributed by atoms with E-state index in [-0.39, 0.29) is 5.82 Å². The molecule has 18 heavy (non-hydrogen) atoms. The van der Waals surface area contributed by atoms with Crippen LogP contribution in [0.1, 0.15) is 16.7 Å². The second-order valence-electron chi connectivity index (χ2n) is 3.82. The van der Waals surface area contributed by atoms with E-state index in [1.807, 2.05) is 43.3 Å². The molecule has 0 bridgehead atoms. The van der Waals surface area contributed by atoms with Crippen LogP contribution in [-0.4, -0.2) is 0 Å². The Morgan fingerprint density at radius 3 is 2.06 bits per heavy atom. The van der Waals surface area contributed by atoms with Crippen LogP contribution in [-0.2, 0) is 0 Å². The van der Waals surface area contributed by atoms with Gasteiger partial charge in [-0.15, -0.1) is 0 Å². The zero-order valence-electron chi connectivity index (χ0n) is 10.6. The Morgan fingerprint density at radius 1 is 0.944 bits per heavy atom. The summed E-state index contributed by atoms with van der Waals surface area (Å²) in [5.41, 5.74) is 3.09. The van der Waals surface area contributed by atoms with E-state index >= 15 is 0 Å².